The molecule has 1 aliphatic heterocycles. The normalized spacial score (nSPS) is 15.1. The lowest BCUT2D eigenvalue weighted by atomic mass is 10.1. The number of amidine groups is 1. The molecule has 35 heavy (non-hydrogen) atoms. The minimum Gasteiger partial charge on any atom is -0.497 e. The predicted octanol–water partition coefficient (Wildman–Crippen LogP) is 5.23. The summed E-state index contributed by atoms with van der Waals surface area (Å²) in [6.07, 6.45) is 0.626. The fourth-order valence-corrected chi connectivity index (χ4v) is 5.41. The first-order valence-electron chi connectivity index (χ1n) is 11.4. The van der Waals surface area contributed by atoms with Gasteiger partial charge in [-0.3, -0.25) is 4.79 Å². The third-order valence-corrected chi connectivity index (χ3v) is 7.72. The topological polar surface area (TPSA) is 85.9 Å². The molecular weight excluding hydrogens is 478 g/mol. The number of hydrogen-bond acceptors (Lipinski definition) is 7. The quantitative estimate of drug-likeness (QED) is 0.469. The Morgan fingerprint density at radius 3 is 2.69 bits per heavy atom. The maximum atomic E-state index is 12.5. The molecule has 6 nitrogen and oxygen atoms in total. The van der Waals surface area contributed by atoms with Crippen LogP contribution in [0.25, 0.3) is 0 Å². The Balaban J connectivity index is 1.64. The molecule has 0 radical (unpaired) electrons. The van der Waals surface area contributed by atoms with E-state index in [0.717, 1.165) is 33.2 Å². The highest BCUT2D eigenvalue weighted by molar-refractivity contribution is 8.13. The number of para-hydroxylation sites is 1. The van der Waals surface area contributed by atoms with Gasteiger partial charge < -0.3 is 20.5 Å². The van der Waals surface area contributed by atoms with Crippen LogP contribution < -0.4 is 20.5 Å². The van der Waals surface area contributed by atoms with E-state index in [1.54, 1.807) is 18.9 Å². The fraction of sp³-hybridized carbons (Fsp3) is 0.259. The lowest BCUT2D eigenvalue weighted by molar-refractivity contribution is -0.118. The van der Waals surface area contributed by atoms with Crippen LogP contribution in [-0.4, -0.2) is 30.5 Å². The zero-order valence-electron chi connectivity index (χ0n) is 19.9. The van der Waals surface area contributed by atoms with Crippen LogP contribution in [0.5, 0.6) is 11.5 Å². The standard InChI is InChI=1S/C27H29N3O3S2/c1-18-21-7-5-9-25(18)34-17-26(31)29-13-12-19-14-22(32-2)10-11-24(19)33-15-20-6-3-4-8-23(20)30-27(28)35-16-21/h3-11,14H,12-13,15-17H2,1-2H3,(H2,28,30)(H,29,31). The van der Waals surface area contributed by atoms with Gasteiger partial charge in [0.1, 0.15) is 18.1 Å². The SMILES string of the molecule is COc1ccc2c(c1)CCNC(=O)CSc1cccc(c1C)CSC(N)=Nc1ccccc1CO2. The molecule has 3 N–H and O–H groups in total. The summed E-state index contributed by atoms with van der Waals surface area (Å²) in [5.41, 5.74) is 11.3. The van der Waals surface area contributed by atoms with Crippen LogP contribution in [0, 0.1) is 6.92 Å². The highest BCUT2D eigenvalue weighted by Gasteiger charge is 2.12. The first-order valence-corrected chi connectivity index (χ1v) is 13.3. The third kappa shape index (κ3) is 6.74. The Hall–Kier alpha value is -3.10. The molecule has 0 aliphatic carbocycles. The molecule has 4 rings (SSSR count). The smallest absolute Gasteiger partial charge is 0.230 e. The van der Waals surface area contributed by atoms with Gasteiger partial charge in [0, 0.05) is 22.8 Å². The number of fused-ring (bicyclic) bond motifs is 4. The van der Waals surface area contributed by atoms with Crippen molar-refractivity contribution >= 4 is 40.3 Å². The summed E-state index contributed by atoms with van der Waals surface area (Å²) >= 11 is 3.05. The van der Waals surface area contributed by atoms with Crippen LogP contribution >= 0.6 is 23.5 Å². The number of methoxy groups -OCH3 is 1. The van der Waals surface area contributed by atoms with E-state index >= 15 is 0 Å². The van der Waals surface area contributed by atoms with E-state index < -0.39 is 0 Å². The molecule has 0 saturated carbocycles. The predicted molar refractivity (Wildman–Crippen MR) is 145 cm³/mol. The molecule has 2 bridgehead atoms. The Kier molecular flexibility index (Phi) is 8.60. The van der Waals surface area contributed by atoms with Gasteiger partial charge in [-0.15, -0.1) is 11.8 Å². The minimum atomic E-state index is 0.00256. The number of ether oxygens (including phenoxy) is 2. The Morgan fingerprint density at radius 2 is 1.83 bits per heavy atom. The van der Waals surface area contributed by atoms with Gasteiger partial charge in [-0.05, 0) is 60.4 Å². The fourth-order valence-electron chi connectivity index (χ4n) is 3.72. The third-order valence-electron chi connectivity index (χ3n) is 5.72. The van der Waals surface area contributed by atoms with Crippen molar-refractivity contribution in [3.8, 4) is 11.5 Å². The van der Waals surface area contributed by atoms with E-state index in [0.29, 0.717) is 36.2 Å². The zero-order chi connectivity index (χ0) is 24.6. The summed E-state index contributed by atoms with van der Waals surface area (Å²) in [5, 5.41) is 3.53. The second-order valence-electron chi connectivity index (χ2n) is 8.06. The summed E-state index contributed by atoms with van der Waals surface area (Å²) < 4.78 is 11.6. The average molecular weight is 508 g/mol. The molecule has 0 saturated heterocycles. The van der Waals surface area contributed by atoms with Crippen LogP contribution in [-0.2, 0) is 23.6 Å². The molecule has 182 valence electrons. The van der Waals surface area contributed by atoms with Crippen LogP contribution in [0.4, 0.5) is 5.69 Å². The maximum Gasteiger partial charge on any atom is 0.230 e. The first-order chi connectivity index (χ1) is 17.0. The lowest BCUT2D eigenvalue weighted by Crippen LogP contribution is -2.27. The average Bonchev–Trinajstić information content (AvgIpc) is 2.86. The van der Waals surface area contributed by atoms with Crippen molar-refractivity contribution in [2.24, 2.45) is 10.7 Å². The van der Waals surface area contributed by atoms with Gasteiger partial charge in [0.25, 0.3) is 0 Å². The van der Waals surface area contributed by atoms with Gasteiger partial charge in [0.05, 0.1) is 18.6 Å². The van der Waals surface area contributed by atoms with Gasteiger partial charge >= 0.3 is 0 Å². The molecule has 0 fully saturated rings. The second-order valence-corrected chi connectivity index (χ2v) is 10.1. The van der Waals surface area contributed by atoms with Gasteiger partial charge in [-0.2, -0.15) is 0 Å². The summed E-state index contributed by atoms with van der Waals surface area (Å²) in [5.74, 6) is 2.56. The lowest BCUT2D eigenvalue weighted by Gasteiger charge is -2.14. The maximum absolute atomic E-state index is 12.5. The summed E-state index contributed by atoms with van der Waals surface area (Å²) in [7, 11) is 1.64. The Bertz CT molecular complexity index is 1230. The van der Waals surface area contributed by atoms with Gasteiger partial charge in [0.15, 0.2) is 5.17 Å². The summed E-state index contributed by atoms with van der Waals surface area (Å²) in [6, 6.07) is 19.7. The minimum absolute atomic E-state index is 0.00256. The van der Waals surface area contributed by atoms with Crippen molar-refractivity contribution in [2.45, 2.75) is 30.6 Å². The number of nitrogens with two attached hydrogens (primary N) is 1. The monoisotopic (exact) mass is 507 g/mol. The molecule has 8 heteroatoms. The zero-order valence-corrected chi connectivity index (χ0v) is 21.5. The van der Waals surface area contributed by atoms with E-state index in [9.17, 15) is 4.79 Å². The number of rotatable bonds is 1. The van der Waals surface area contributed by atoms with Gasteiger partial charge in [-0.1, -0.05) is 42.1 Å². The molecule has 1 amide bonds. The van der Waals surface area contributed by atoms with E-state index in [1.165, 1.54) is 22.9 Å². The molecular formula is C27H29N3O3S2. The molecule has 3 aromatic rings. The van der Waals surface area contributed by atoms with Crippen molar-refractivity contribution in [3.63, 3.8) is 0 Å². The van der Waals surface area contributed by atoms with Crippen molar-refractivity contribution in [1.29, 1.82) is 0 Å². The molecule has 3 aromatic carbocycles. The van der Waals surface area contributed by atoms with Crippen molar-refractivity contribution in [3.05, 3.63) is 82.9 Å². The number of benzene rings is 3. The number of carbonyl (C=O) groups is 1. The van der Waals surface area contributed by atoms with Crippen LogP contribution in [0.3, 0.4) is 0 Å². The van der Waals surface area contributed by atoms with E-state index in [2.05, 4.69) is 29.4 Å². The number of hydrogen-bond donors (Lipinski definition) is 2. The highest BCUT2D eigenvalue weighted by atomic mass is 32.2. The van der Waals surface area contributed by atoms with E-state index in [-0.39, 0.29) is 5.91 Å². The summed E-state index contributed by atoms with van der Waals surface area (Å²) in [6.45, 7) is 2.94. The van der Waals surface area contributed by atoms with Gasteiger partial charge in [0.2, 0.25) is 5.91 Å². The molecule has 1 aliphatic rings. The second kappa shape index (κ2) is 12.0. The molecule has 1 heterocycles. The van der Waals surface area contributed by atoms with E-state index in [1.807, 2.05) is 48.5 Å². The van der Waals surface area contributed by atoms with E-state index in [4.69, 9.17) is 15.2 Å². The molecule has 0 spiro atoms. The Morgan fingerprint density at radius 1 is 1.00 bits per heavy atom. The number of aliphatic imine (C=N–C) groups is 1. The van der Waals surface area contributed by atoms with Gasteiger partial charge in [-0.25, -0.2) is 4.99 Å². The number of nitrogens with one attached hydrogen (secondary N) is 1. The molecule has 0 unspecified atom stereocenters. The van der Waals surface area contributed by atoms with Crippen molar-refractivity contribution in [1.82, 2.24) is 5.32 Å². The number of amides is 1. The summed E-state index contributed by atoms with van der Waals surface area (Å²) in [4.78, 5) is 18.3. The van der Waals surface area contributed by atoms with Crippen LogP contribution in [0.2, 0.25) is 0 Å². The highest BCUT2D eigenvalue weighted by Crippen LogP contribution is 2.30. The first kappa shape index (κ1) is 25.0. The Labute approximate surface area is 214 Å². The molecule has 0 atom stereocenters. The largest absolute Gasteiger partial charge is 0.497 e. The van der Waals surface area contributed by atoms with Crippen LogP contribution in [0.1, 0.15) is 22.3 Å². The van der Waals surface area contributed by atoms with Crippen LogP contribution in [0.15, 0.2) is 70.6 Å². The number of carbonyl (C=O) groups excluding carboxylic acids is 1. The number of thioether (sulfide) groups is 2. The van der Waals surface area contributed by atoms with Crippen molar-refractivity contribution in [2.75, 3.05) is 19.4 Å². The number of nitrogens with zero attached hydrogens (tertiary/aromatic N) is 1. The van der Waals surface area contributed by atoms with Crippen molar-refractivity contribution < 1.29 is 14.3 Å². The molecule has 0 aromatic heterocycles.